The lowest BCUT2D eigenvalue weighted by molar-refractivity contribution is -0.0519. The third-order valence-electron chi connectivity index (χ3n) is 6.86. The summed E-state index contributed by atoms with van der Waals surface area (Å²) in [5, 5.41) is 9.64. The summed E-state index contributed by atoms with van der Waals surface area (Å²) in [7, 11) is 1.69. The molecule has 0 aliphatic carbocycles. The smallest absolute Gasteiger partial charge is 0.388 e. The van der Waals surface area contributed by atoms with Crippen molar-refractivity contribution in [2.24, 2.45) is 7.05 Å². The normalized spacial score (nSPS) is 14.7. The highest BCUT2D eigenvalue weighted by Gasteiger charge is 2.25. The second-order valence-corrected chi connectivity index (χ2v) is 9.86. The number of rotatable bonds is 9. The first kappa shape index (κ1) is 27.7. The Balaban J connectivity index is 1.24. The number of carboxylic acid groups (broad SMARTS) is 1. The number of pyridine rings is 2. The summed E-state index contributed by atoms with van der Waals surface area (Å²) in [5.74, 6) is -1.14. The minimum Gasteiger partial charge on any atom is -0.477 e. The number of aromatic carboxylic acids is 1. The van der Waals surface area contributed by atoms with Crippen molar-refractivity contribution in [1.29, 1.82) is 0 Å². The maximum Gasteiger partial charge on any atom is 0.388 e. The number of ether oxygens (including phenoxy) is 2. The number of aromatic nitrogens is 4. The summed E-state index contributed by atoms with van der Waals surface area (Å²) in [6, 6.07) is 11.3. The Hall–Kier alpha value is -3.90. The molecule has 0 unspecified atom stereocenters. The predicted octanol–water partition coefficient (Wildman–Crippen LogP) is 5.41. The molecule has 210 valence electrons. The van der Waals surface area contributed by atoms with Crippen LogP contribution in [0.5, 0.6) is 11.8 Å². The molecule has 0 saturated carbocycles. The first-order valence-electron chi connectivity index (χ1n) is 12.5. The van der Waals surface area contributed by atoms with Crippen LogP contribution in [0.1, 0.15) is 46.3 Å². The van der Waals surface area contributed by atoms with E-state index in [1.165, 1.54) is 12.1 Å². The number of aryl methyl sites for hydroxylation is 1. The molecule has 0 spiro atoms. The predicted molar refractivity (Wildman–Crippen MR) is 139 cm³/mol. The Morgan fingerprint density at radius 2 is 1.93 bits per heavy atom. The lowest BCUT2D eigenvalue weighted by Gasteiger charge is -2.31. The molecule has 1 fully saturated rings. The number of hydrogen-bond acceptors (Lipinski definition) is 7. The van der Waals surface area contributed by atoms with Gasteiger partial charge in [-0.2, -0.15) is 8.78 Å². The molecule has 13 heteroatoms. The Labute approximate surface area is 232 Å². The van der Waals surface area contributed by atoms with Crippen molar-refractivity contribution in [2.75, 3.05) is 13.1 Å². The number of nitrogens with zero attached hydrogens (tertiary/aromatic N) is 5. The Kier molecular flexibility index (Phi) is 8.08. The van der Waals surface area contributed by atoms with Gasteiger partial charge in [-0.1, -0.05) is 23.7 Å². The van der Waals surface area contributed by atoms with Gasteiger partial charge in [0.15, 0.2) is 11.2 Å². The van der Waals surface area contributed by atoms with E-state index in [0.29, 0.717) is 34.4 Å². The molecule has 0 amide bonds. The lowest BCUT2D eigenvalue weighted by atomic mass is 9.93. The molecule has 3 aromatic heterocycles. The van der Waals surface area contributed by atoms with Gasteiger partial charge in [0, 0.05) is 35.3 Å². The molecular weight excluding hydrogens is 551 g/mol. The molecule has 0 radical (unpaired) electrons. The van der Waals surface area contributed by atoms with E-state index in [1.807, 2.05) is 12.1 Å². The third-order valence-corrected chi connectivity index (χ3v) is 7.09. The molecule has 1 saturated heterocycles. The number of alkyl halides is 2. The number of piperidine rings is 1. The van der Waals surface area contributed by atoms with E-state index < -0.39 is 30.0 Å². The van der Waals surface area contributed by atoms with Crippen LogP contribution in [0.4, 0.5) is 13.2 Å². The van der Waals surface area contributed by atoms with Gasteiger partial charge in [0.05, 0.1) is 12.1 Å². The molecule has 1 aromatic carbocycles. The van der Waals surface area contributed by atoms with E-state index in [1.54, 1.807) is 29.8 Å². The number of carbonyl (C=O) groups is 1. The fourth-order valence-corrected chi connectivity index (χ4v) is 4.90. The fraction of sp³-hybridized carbons (Fsp3) is 0.333. The molecule has 4 aromatic rings. The minimum atomic E-state index is -3.17. The van der Waals surface area contributed by atoms with Gasteiger partial charge in [-0.25, -0.2) is 24.1 Å². The number of hydrogen-bond donors (Lipinski definition) is 1. The number of benzene rings is 1. The highest BCUT2D eigenvalue weighted by atomic mass is 35.5. The number of fused-ring (bicyclic) bond motifs is 1. The van der Waals surface area contributed by atoms with Crippen molar-refractivity contribution in [3.05, 3.63) is 76.1 Å². The molecule has 1 aliphatic heterocycles. The number of carboxylic acids is 1. The minimum absolute atomic E-state index is 0.0312. The maximum atomic E-state index is 14.1. The van der Waals surface area contributed by atoms with Crippen LogP contribution in [0.25, 0.3) is 11.0 Å². The average Bonchev–Trinajstić information content (AvgIpc) is 3.23. The van der Waals surface area contributed by atoms with Gasteiger partial charge >= 0.3 is 12.6 Å². The summed E-state index contributed by atoms with van der Waals surface area (Å²) in [6.07, 6.45) is 1.63. The molecule has 1 N–H and O–H groups in total. The monoisotopic (exact) mass is 575 g/mol. The van der Waals surface area contributed by atoms with Crippen molar-refractivity contribution in [1.82, 2.24) is 24.4 Å². The molecule has 1 aliphatic rings. The Morgan fingerprint density at radius 1 is 1.15 bits per heavy atom. The zero-order valence-electron chi connectivity index (χ0n) is 21.4. The first-order valence-corrected chi connectivity index (χ1v) is 12.9. The van der Waals surface area contributed by atoms with Crippen molar-refractivity contribution in [3.8, 4) is 11.8 Å². The summed E-state index contributed by atoms with van der Waals surface area (Å²) < 4.78 is 51.8. The summed E-state index contributed by atoms with van der Waals surface area (Å²) in [4.78, 5) is 26.4. The third kappa shape index (κ3) is 6.13. The molecule has 4 heterocycles. The topological polar surface area (TPSA) is 103 Å². The second-order valence-electron chi connectivity index (χ2n) is 9.43. The van der Waals surface area contributed by atoms with E-state index in [4.69, 9.17) is 16.3 Å². The van der Waals surface area contributed by atoms with Crippen molar-refractivity contribution in [3.63, 3.8) is 0 Å². The SMILES string of the molecule is Cn1c(CN2CCC(c3cccc(OCc4ccc(Cl)cc4F)n3)CC2)nc2c(OC(F)F)nc(C(=O)O)cc21. The first-order chi connectivity index (χ1) is 19.2. The zero-order valence-corrected chi connectivity index (χ0v) is 22.1. The van der Waals surface area contributed by atoms with Gasteiger partial charge in [-0.3, -0.25) is 4.90 Å². The van der Waals surface area contributed by atoms with Crippen LogP contribution < -0.4 is 9.47 Å². The summed E-state index contributed by atoms with van der Waals surface area (Å²) in [5.41, 5.74) is 1.28. The van der Waals surface area contributed by atoms with Crippen LogP contribution in [0.15, 0.2) is 42.5 Å². The van der Waals surface area contributed by atoms with E-state index in [-0.39, 0.29) is 18.0 Å². The standard InChI is InChI=1S/C27H25ClF3N5O4/c1-35-21-12-20(26(37)38)33-25(40-27(30)31)24(21)34-22(35)13-36-9-7-15(8-10-36)19-3-2-4-23(32-19)39-14-16-5-6-17(28)11-18(16)29/h2-6,11-12,15,27H,7-10,13-14H2,1H3,(H,37,38). The molecule has 40 heavy (non-hydrogen) atoms. The van der Waals surface area contributed by atoms with Crippen LogP contribution >= 0.6 is 11.6 Å². The van der Waals surface area contributed by atoms with Gasteiger partial charge in [-0.15, -0.1) is 0 Å². The van der Waals surface area contributed by atoms with E-state index in [9.17, 15) is 23.1 Å². The molecule has 0 atom stereocenters. The number of likely N-dealkylation sites (tertiary alicyclic amines) is 1. The van der Waals surface area contributed by atoms with Gasteiger partial charge in [0.2, 0.25) is 11.8 Å². The second kappa shape index (κ2) is 11.7. The van der Waals surface area contributed by atoms with Crippen molar-refractivity contribution >= 4 is 28.6 Å². The van der Waals surface area contributed by atoms with Gasteiger partial charge in [0.25, 0.3) is 0 Å². The molecule has 9 nitrogen and oxygen atoms in total. The Morgan fingerprint density at radius 3 is 2.62 bits per heavy atom. The molecular formula is C27H25ClF3N5O4. The lowest BCUT2D eigenvalue weighted by Crippen LogP contribution is -2.33. The zero-order chi connectivity index (χ0) is 28.4. The highest BCUT2D eigenvalue weighted by Crippen LogP contribution is 2.30. The maximum absolute atomic E-state index is 14.1. The number of halogens is 4. The van der Waals surface area contributed by atoms with Crippen LogP contribution in [-0.4, -0.2) is 55.2 Å². The van der Waals surface area contributed by atoms with Gasteiger partial charge in [-0.05, 0) is 50.2 Å². The van der Waals surface area contributed by atoms with Crippen LogP contribution in [0, 0.1) is 5.82 Å². The van der Waals surface area contributed by atoms with Crippen molar-refractivity contribution < 1.29 is 32.5 Å². The quantitative estimate of drug-likeness (QED) is 0.282. The molecule has 5 rings (SSSR count). The Bertz CT molecular complexity index is 1540. The fourth-order valence-electron chi connectivity index (χ4n) is 4.74. The van der Waals surface area contributed by atoms with Crippen molar-refractivity contribution in [2.45, 2.75) is 38.5 Å². The summed E-state index contributed by atoms with van der Waals surface area (Å²) in [6.45, 7) is -1.24. The average molecular weight is 576 g/mol. The van der Waals surface area contributed by atoms with E-state index in [2.05, 4.69) is 24.6 Å². The van der Waals surface area contributed by atoms with E-state index >= 15 is 0 Å². The highest BCUT2D eigenvalue weighted by molar-refractivity contribution is 6.30. The van der Waals surface area contributed by atoms with E-state index in [0.717, 1.165) is 31.6 Å². The van der Waals surface area contributed by atoms with Gasteiger partial charge < -0.3 is 19.1 Å². The van der Waals surface area contributed by atoms with Crippen LogP contribution in [0.2, 0.25) is 5.02 Å². The molecule has 0 bridgehead atoms. The van der Waals surface area contributed by atoms with Crippen LogP contribution in [0.3, 0.4) is 0 Å². The van der Waals surface area contributed by atoms with Gasteiger partial charge in [0.1, 0.15) is 18.2 Å². The largest absolute Gasteiger partial charge is 0.477 e. The van der Waals surface area contributed by atoms with Crippen LogP contribution in [-0.2, 0) is 20.2 Å². The number of imidazole rings is 1. The summed E-state index contributed by atoms with van der Waals surface area (Å²) >= 11 is 5.81.